The van der Waals surface area contributed by atoms with Gasteiger partial charge >= 0.3 is 0 Å². The molecule has 1 aromatic carbocycles. The molecule has 6 nitrogen and oxygen atoms in total. The molecule has 1 atom stereocenters. The van der Waals surface area contributed by atoms with E-state index in [1.54, 1.807) is 7.11 Å². The normalized spacial score (nSPS) is 12.5. The minimum absolute atomic E-state index is 0.0607. The molecule has 0 aliphatic rings. The number of benzene rings is 1. The highest BCUT2D eigenvalue weighted by molar-refractivity contribution is 5.18. The molecule has 1 unspecified atom stereocenters. The Morgan fingerprint density at radius 1 is 1.35 bits per heavy atom. The quantitative estimate of drug-likeness (QED) is 0.759. The topological polar surface area (TPSA) is 80.4 Å². The van der Waals surface area contributed by atoms with Gasteiger partial charge in [0, 0.05) is 19.8 Å². The van der Waals surface area contributed by atoms with E-state index in [-0.39, 0.29) is 12.6 Å². The molecule has 0 saturated carbocycles. The first-order valence-corrected chi connectivity index (χ1v) is 6.53. The lowest BCUT2D eigenvalue weighted by Gasteiger charge is -2.17. The standard InChI is InChI=1S/C14H19N3O3/c1-19-10-14-16-13(17-20-14)9-15-12(7-8-18)11-5-3-2-4-6-11/h2-6,12,15,18H,7-10H2,1H3. The van der Waals surface area contributed by atoms with Crippen LogP contribution in [-0.2, 0) is 17.9 Å². The summed E-state index contributed by atoms with van der Waals surface area (Å²) in [5, 5.41) is 16.4. The van der Waals surface area contributed by atoms with Crippen LogP contribution in [-0.4, -0.2) is 29.0 Å². The zero-order valence-corrected chi connectivity index (χ0v) is 11.5. The number of ether oxygens (including phenoxy) is 1. The van der Waals surface area contributed by atoms with Crippen molar-refractivity contribution in [2.75, 3.05) is 13.7 Å². The van der Waals surface area contributed by atoms with Crippen LogP contribution in [0.2, 0.25) is 0 Å². The SMILES string of the molecule is COCc1nc(CNC(CCO)c2ccccc2)no1. The summed E-state index contributed by atoms with van der Waals surface area (Å²) < 4.78 is 9.95. The van der Waals surface area contributed by atoms with Crippen LogP contribution in [0.1, 0.15) is 29.7 Å². The molecule has 0 fully saturated rings. The van der Waals surface area contributed by atoms with Crippen LogP contribution < -0.4 is 5.32 Å². The summed E-state index contributed by atoms with van der Waals surface area (Å²) >= 11 is 0. The van der Waals surface area contributed by atoms with Gasteiger partial charge in [0.15, 0.2) is 5.82 Å². The Balaban J connectivity index is 1.94. The lowest BCUT2D eigenvalue weighted by Crippen LogP contribution is -2.22. The van der Waals surface area contributed by atoms with Crippen LogP contribution in [0.5, 0.6) is 0 Å². The highest BCUT2D eigenvalue weighted by atomic mass is 16.5. The second kappa shape index (κ2) is 7.74. The summed E-state index contributed by atoms with van der Waals surface area (Å²) in [4.78, 5) is 4.20. The lowest BCUT2D eigenvalue weighted by molar-refractivity contribution is 0.151. The molecule has 1 aromatic heterocycles. The summed E-state index contributed by atoms with van der Waals surface area (Å²) in [6.07, 6.45) is 0.632. The summed E-state index contributed by atoms with van der Waals surface area (Å²) in [6, 6.07) is 10.0. The van der Waals surface area contributed by atoms with Crippen LogP contribution in [0.4, 0.5) is 0 Å². The molecular formula is C14H19N3O3. The summed E-state index contributed by atoms with van der Waals surface area (Å²) in [6.45, 7) is 0.909. The molecule has 0 bridgehead atoms. The van der Waals surface area contributed by atoms with Gasteiger partial charge in [-0.15, -0.1) is 0 Å². The highest BCUT2D eigenvalue weighted by Gasteiger charge is 2.12. The van der Waals surface area contributed by atoms with Crippen molar-refractivity contribution in [2.45, 2.75) is 25.6 Å². The minimum Gasteiger partial charge on any atom is -0.396 e. The molecule has 0 saturated heterocycles. The Hall–Kier alpha value is -1.76. The first kappa shape index (κ1) is 14.6. The number of rotatable bonds is 8. The van der Waals surface area contributed by atoms with Crippen molar-refractivity contribution in [3.63, 3.8) is 0 Å². The van der Waals surface area contributed by atoms with Crippen molar-refractivity contribution >= 4 is 0 Å². The Morgan fingerprint density at radius 3 is 2.85 bits per heavy atom. The molecule has 20 heavy (non-hydrogen) atoms. The Morgan fingerprint density at radius 2 is 2.15 bits per heavy atom. The number of nitrogens with zero attached hydrogens (tertiary/aromatic N) is 2. The second-order valence-electron chi connectivity index (χ2n) is 4.39. The largest absolute Gasteiger partial charge is 0.396 e. The van der Waals surface area contributed by atoms with Gasteiger partial charge < -0.3 is 19.7 Å². The van der Waals surface area contributed by atoms with Crippen molar-refractivity contribution < 1.29 is 14.4 Å². The fraction of sp³-hybridized carbons (Fsp3) is 0.429. The number of hydrogen-bond acceptors (Lipinski definition) is 6. The summed E-state index contributed by atoms with van der Waals surface area (Å²) in [5.41, 5.74) is 1.13. The first-order chi connectivity index (χ1) is 9.83. The fourth-order valence-corrected chi connectivity index (χ4v) is 1.96. The Bertz CT molecular complexity index is 501. The lowest BCUT2D eigenvalue weighted by atomic mass is 10.0. The van der Waals surface area contributed by atoms with E-state index in [9.17, 15) is 0 Å². The molecule has 1 heterocycles. The van der Waals surface area contributed by atoms with E-state index in [0.29, 0.717) is 31.3 Å². The number of aromatic nitrogens is 2. The molecule has 0 spiro atoms. The van der Waals surface area contributed by atoms with E-state index in [0.717, 1.165) is 5.56 Å². The van der Waals surface area contributed by atoms with Gasteiger partial charge in [-0.25, -0.2) is 0 Å². The third-order valence-electron chi connectivity index (χ3n) is 2.90. The Kier molecular flexibility index (Phi) is 5.67. The molecular weight excluding hydrogens is 258 g/mol. The Labute approximate surface area is 117 Å². The van der Waals surface area contributed by atoms with Gasteiger partial charge in [0.05, 0.1) is 6.54 Å². The van der Waals surface area contributed by atoms with E-state index >= 15 is 0 Å². The van der Waals surface area contributed by atoms with Gasteiger partial charge in [0.25, 0.3) is 5.89 Å². The molecule has 2 N–H and O–H groups in total. The van der Waals surface area contributed by atoms with Crippen LogP contribution in [0, 0.1) is 0 Å². The number of nitrogens with one attached hydrogen (secondary N) is 1. The van der Waals surface area contributed by atoms with Crippen LogP contribution >= 0.6 is 0 Å². The maximum Gasteiger partial charge on any atom is 0.252 e. The van der Waals surface area contributed by atoms with E-state index in [2.05, 4.69) is 15.5 Å². The third kappa shape index (κ3) is 4.12. The van der Waals surface area contributed by atoms with Crippen molar-refractivity contribution in [2.24, 2.45) is 0 Å². The van der Waals surface area contributed by atoms with Crippen LogP contribution in [0.15, 0.2) is 34.9 Å². The second-order valence-corrected chi connectivity index (χ2v) is 4.39. The van der Waals surface area contributed by atoms with Crippen molar-refractivity contribution in [3.8, 4) is 0 Å². The van der Waals surface area contributed by atoms with Crippen molar-refractivity contribution in [1.82, 2.24) is 15.5 Å². The predicted octanol–water partition coefficient (Wildman–Crippen LogP) is 1.43. The van der Waals surface area contributed by atoms with Gasteiger partial charge in [-0.3, -0.25) is 0 Å². The molecule has 0 amide bonds. The van der Waals surface area contributed by atoms with Gasteiger partial charge in [-0.2, -0.15) is 4.98 Å². The molecule has 108 valence electrons. The molecule has 0 radical (unpaired) electrons. The number of aliphatic hydroxyl groups is 1. The van der Waals surface area contributed by atoms with Gasteiger partial charge in [-0.1, -0.05) is 35.5 Å². The maximum absolute atomic E-state index is 9.16. The van der Waals surface area contributed by atoms with Crippen molar-refractivity contribution in [1.29, 1.82) is 0 Å². The van der Waals surface area contributed by atoms with Crippen LogP contribution in [0.25, 0.3) is 0 Å². The predicted molar refractivity (Wildman–Crippen MR) is 72.7 cm³/mol. The molecule has 0 aliphatic carbocycles. The molecule has 2 aromatic rings. The summed E-state index contributed by atoms with van der Waals surface area (Å²) in [7, 11) is 1.58. The monoisotopic (exact) mass is 277 g/mol. The smallest absolute Gasteiger partial charge is 0.252 e. The van der Waals surface area contributed by atoms with E-state index in [1.807, 2.05) is 30.3 Å². The summed E-state index contributed by atoms with van der Waals surface area (Å²) in [5.74, 6) is 1.04. The zero-order valence-electron chi connectivity index (χ0n) is 11.5. The highest BCUT2D eigenvalue weighted by Crippen LogP contribution is 2.16. The minimum atomic E-state index is 0.0607. The van der Waals surface area contributed by atoms with Crippen molar-refractivity contribution in [3.05, 3.63) is 47.6 Å². The van der Waals surface area contributed by atoms with Gasteiger partial charge in [0.1, 0.15) is 6.61 Å². The number of methoxy groups -OCH3 is 1. The molecule has 6 heteroatoms. The van der Waals surface area contributed by atoms with Gasteiger partial charge in [0.2, 0.25) is 0 Å². The van der Waals surface area contributed by atoms with E-state index in [4.69, 9.17) is 14.4 Å². The fourth-order valence-electron chi connectivity index (χ4n) is 1.96. The average molecular weight is 277 g/mol. The van der Waals surface area contributed by atoms with Crippen LogP contribution in [0.3, 0.4) is 0 Å². The molecule has 2 rings (SSSR count). The number of hydrogen-bond donors (Lipinski definition) is 2. The van der Waals surface area contributed by atoms with E-state index in [1.165, 1.54) is 0 Å². The van der Waals surface area contributed by atoms with E-state index < -0.39 is 0 Å². The average Bonchev–Trinajstić information content (AvgIpc) is 2.92. The zero-order chi connectivity index (χ0) is 14.2. The maximum atomic E-state index is 9.16. The third-order valence-corrected chi connectivity index (χ3v) is 2.90. The van der Waals surface area contributed by atoms with Gasteiger partial charge in [-0.05, 0) is 12.0 Å². The first-order valence-electron chi connectivity index (χ1n) is 6.53. The number of aliphatic hydroxyl groups excluding tert-OH is 1. The molecule has 0 aliphatic heterocycles.